The number of fused-ring (bicyclic) bond motifs is 2. The van der Waals surface area contributed by atoms with Crippen molar-refractivity contribution in [3.05, 3.63) is 143 Å². The van der Waals surface area contributed by atoms with Gasteiger partial charge in [0.2, 0.25) is 5.76 Å². The van der Waals surface area contributed by atoms with E-state index in [1.807, 2.05) is 72.8 Å². The Hall–Kier alpha value is -5.30. The van der Waals surface area contributed by atoms with Crippen LogP contribution in [0.1, 0.15) is 22.3 Å². The predicted octanol–water partition coefficient (Wildman–Crippen LogP) is 6.23. The Balaban J connectivity index is 1.16. The Bertz CT molecular complexity index is 2100. The molecule has 0 aliphatic carbocycles. The van der Waals surface area contributed by atoms with Crippen molar-refractivity contribution < 1.29 is 42.2 Å². The lowest BCUT2D eigenvalue weighted by Crippen LogP contribution is -2.35. The van der Waals surface area contributed by atoms with Gasteiger partial charge in [0, 0.05) is 10.8 Å². The van der Waals surface area contributed by atoms with Crippen LogP contribution >= 0.6 is 7.82 Å². The smallest absolute Gasteiger partial charge is 0.475 e. The molecule has 0 saturated carbocycles. The predicted molar refractivity (Wildman–Crippen MR) is 181 cm³/mol. The number of carbonyl (C=O) groups is 1. The number of aromatic amines is 2. The lowest BCUT2D eigenvalue weighted by Gasteiger charge is -2.27. The highest BCUT2D eigenvalue weighted by molar-refractivity contribution is 7.48. The van der Waals surface area contributed by atoms with Gasteiger partial charge >= 0.3 is 13.8 Å². The maximum absolute atomic E-state index is 14.2. The number of ether oxygens (including phenoxy) is 3. The molecule has 14 heteroatoms. The third-order valence-corrected chi connectivity index (χ3v) is 9.35. The molecule has 6 aromatic rings. The molecule has 2 atom stereocenters. The summed E-state index contributed by atoms with van der Waals surface area (Å²) in [7, 11) is -4.41. The fourth-order valence-electron chi connectivity index (χ4n) is 5.36. The lowest BCUT2D eigenvalue weighted by molar-refractivity contribution is -0.148. The van der Waals surface area contributed by atoms with Crippen LogP contribution in [0.5, 0.6) is 0 Å². The second kappa shape index (κ2) is 15.1. The Morgan fingerprint density at radius 2 is 1.26 bits per heavy atom. The molecule has 0 amide bonds. The summed E-state index contributed by atoms with van der Waals surface area (Å²) < 4.78 is 49.6. The monoisotopic (exact) mass is 696 g/mol. The van der Waals surface area contributed by atoms with E-state index in [1.54, 1.807) is 36.7 Å². The van der Waals surface area contributed by atoms with Gasteiger partial charge in [-0.15, -0.1) is 0 Å². The molecule has 4 aromatic carbocycles. The van der Waals surface area contributed by atoms with Gasteiger partial charge in [-0.2, -0.15) is 10.2 Å². The number of nitrogens with zero attached hydrogens (tertiary/aromatic N) is 2. The van der Waals surface area contributed by atoms with Gasteiger partial charge in [0.05, 0.1) is 43.2 Å². The average Bonchev–Trinajstić information content (AvgIpc) is 3.90. The summed E-state index contributed by atoms with van der Waals surface area (Å²) in [6.07, 6.45) is 0.591. The SMILES string of the molecule is O=C1O[C@H]([C@H](CO)OP(=O)(OCc2ccccc2)OCc2ccccc2)C(OCc2ccc3[nH]ncc3c2)=C1OCc1ccc2[nH]ncc2c1. The van der Waals surface area contributed by atoms with Crippen LogP contribution in [-0.2, 0) is 63.6 Å². The van der Waals surface area contributed by atoms with E-state index >= 15 is 0 Å². The molecule has 50 heavy (non-hydrogen) atoms. The zero-order valence-corrected chi connectivity index (χ0v) is 27.5. The summed E-state index contributed by atoms with van der Waals surface area (Å²) in [4.78, 5) is 13.4. The Kier molecular flexibility index (Phi) is 10.0. The van der Waals surface area contributed by atoms with Crippen molar-refractivity contribution in [2.45, 2.75) is 38.6 Å². The molecule has 0 bridgehead atoms. The summed E-state index contributed by atoms with van der Waals surface area (Å²) in [6.45, 7) is -0.956. The molecule has 1 aliphatic heterocycles. The first-order valence-corrected chi connectivity index (χ1v) is 17.2. The fourth-order valence-corrected chi connectivity index (χ4v) is 6.68. The molecule has 13 nitrogen and oxygen atoms in total. The number of benzene rings is 4. The van der Waals surface area contributed by atoms with Crippen molar-refractivity contribution in [1.82, 2.24) is 20.4 Å². The van der Waals surface area contributed by atoms with Crippen LogP contribution in [0.4, 0.5) is 0 Å². The van der Waals surface area contributed by atoms with Crippen LogP contribution in [0, 0.1) is 0 Å². The van der Waals surface area contributed by atoms with Crippen LogP contribution in [-0.4, -0.2) is 50.3 Å². The topological polar surface area (TPSA) is 167 Å². The third kappa shape index (κ3) is 7.78. The molecular formula is C36H33N4O9P. The molecule has 0 spiro atoms. The lowest BCUT2D eigenvalue weighted by atomic mass is 10.1. The van der Waals surface area contributed by atoms with Crippen molar-refractivity contribution in [2.24, 2.45) is 0 Å². The molecule has 0 unspecified atom stereocenters. The number of phosphoric ester groups is 1. The van der Waals surface area contributed by atoms with Gasteiger partial charge in [-0.05, 0) is 46.5 Å². The Morgan fingerprint density at radius 1 is 0.720 bits per heavy atom. The van der Waals surface area contributed by atoms with Crippen molar-refractivity contribution >= 4 is 35.6 Å². The number of cyclic esters (lactones) is 1. The molecule has 1 aliphatic rings. The van der Waals surface area contributed by atoms with Gasteiger partial charge in [-0.1, -0.05) is 72.8 Å². The van der Waals surface area contributed by atoms with Gasteiger partial charge in [-0.3, -0.25) is 23.8 Å². The summed E-state index contributed by atoms with van der Waals surface area (Å²) in [5.74, 6) is -1.09. The highest BCUT2D eigenvalue weighted by atomic mass is 31.2. The summed E-state index contributed by atoms with van der Waals surface area (Å²) in [6, 6.07) is 29.3. The molecule has 256 valence electrons. The molecule has 0 radical (unpaired) electrons. The molecule has 3 heterocycles. The van der Waals surface area contributed by atoms with E-state index in [2.05, 4.69) is 20.4 Å². The Labute approximate surface area is 286 Å². The van der Waals surface area contributed by atoms with Crippen molar-refractivity contribution in [1.29, 1.82) is 0 Å². The maximum atomic E-state index is 14.2. The summed E-state index contributed by atoms with van der Waals surface area (Å²) in [5, 5.41) is 26.2. The average molecular weight is 697 g/mol. The molecule has 3 N–H and O–H groups in total. The number of aromatic nitrogens is 4. The van der Waals surface area contributed by atoms with E-state index in [1.165, 1.54) is 0 Å². The fraction of sp³-hybridized carbons (Fsp3) is 0.194. The van der Waals surface area contributed by atoms with E-state index in [0.717, 1.165) is 44.1 Å². The van der Waals surface area contributed by atoms with E-state index in [9.17, 15) is 14.5 Å². The highest BCUT2D eigenvalue weighted by Crippen LogP contribution is 2.53. The van der Waals surface area contributed by atoms with Gasteiger partial charge in [0.15, 0.2) is 11.9 Å². The van der Waals surface area contributed by atoms with E-state index < -0.39 is 32.6 Å². The second-order valence-corrected chi connectivity index (χ2v) is 13.1. The van der Waals surface area contributed by atoms with Crippen LogP contribution in [0.25, 0.3) is 21.8 Å². The van der Waals surface area contributed by atoms with Crippen LogP contribution < -0.4 is 0 Å². The number of hydrogen-bond acceptors (Lipinski definition) is 11. The summed E-state index contributed by atoms with van der Waals surface area (Å²) >= 11 is 0. The number of aliphatic hydroxyl groups excluding tert-OH is 1. The maximum Gasteiger partial charge on any atom is 0.475 e. The standard InChI is InChI=1S/C36H33N4O9P/c41-19-32(49-50(43,46-22-24-7-3-1-4-8-24)47-23-25-9-5-2-6-10-25)33-34(44-20-26-11-13-30-28(15-26)17-37-39-30)35(36(42)48-33)45-21-27-12-14-31-29(16-27)18-38-40-31/h1-18,32-33,41H,19-23H2,(H,37,39)(H,38,40)/t32-,33+/m0/s1. The second-order valence-electron chi connectivity index (χ2n) is 11.5. The highest BCUT2D eigenvalue weighted by Gasteiger charge is 2.46. The molecule has 0 fully saturated rings. The van der Waals surface area contributed by atoms with Crippen LogP contribution in [0.3, 0.4) is 0 Å². The minimum absolute atomic E-state index is 0.00224. The first-order chi connectivity index (χ1) is 24.5. The molecule has 2 aromatic heterocycles. The number of nitrogens with one attached hydrogen (secondary N) is 2. The quantitative estimate of drug-likeness (QED) is 0.0776. The van der Waals surface area contributed by atoms with Crippen molar-refractivity contribution in [2.75, 3.05) is 6.61 Å². The number of carbonyl (C=O) groups excluding carboxylic acids is 1. The van der Waals surface area contributed by atoms with Gasteiger partial charge in [0.1, 0.15) is 19.3 Å². The number of hydrogen-bond donors (Lipinski definition) is 3. The largest absolute Gasteiger partial charge is 0.485 e. The minimum atomic E-state index is -4.41. The van der Waals surface area contributed by atoms with Gasteiger partial charge in [-0.25, -0.2) is 9.36 Å². The van der Waals surface area contributed by atoms with E-state index in [4.69, 9.17) is 27.8 Å². The van der Waals surface area contributed by atoms with E-state index in [0.29, 0.717) is 0 Å². The summed E-state index contributed by atoms with van der Waals surface area (Å²) in [5.41, 5.74) is 4.66. The Morgan fingerprint density at radius 3 is 1.80 bits per heavy atom. The number of rotatable bonds is 16. The van der Waals surface area contributed by atoms with Crippen molar-refractivity contribution in [3.63, 3.8) is 0 Å². The number of aliphatic hydroxyl groups is 1. The van der Waals surface area contributed by atoms with Gasteiger partial charge in [0.25, 0.3) is 0 Å². The molecule has 7 rings (SSSR count). The zero-order chi connectivity index (χ0) is 34.3. The third-order valence-electron chi connectivity index (χ3n) is 7.93. The van der Waals surface area contributed by atoms with Crippen LogP contribution in [0.2, 0.25) is 0 Å². The first-order valence-electron chi connectivity index (χ1n) is 15.8. The number of H-pyrrole nitrogens is 2. The van der Waals surface area contributed by atoms with Crippen molar-refractivity contribution in [3.8, 4) is 0 Å². The normalized spacial score (nSPS) is 15.5. The van der Waals surface area contributed by atoms with E-state index in [-0.39, 0.29) is 37.9 Å². The number of esters is 1. The molecular weight excluding hydrogens is 663 g/mol. The van der Waals surface area contributed by atoms with Crippen LogP contribution in [0.15, 0.2) is 121 Å². The van der Waals surface area contributed by atoms with Gasteiger partial charge < -0.3 is 19.3 Å². The zero-order valence-electron chi connectivity index (χ0n) is 26.6. The first kappa shape index (κ1) is 33.2. The minimum Gasteiger partial charge on any atom is -0.485 e. The molecule has 0 saturated heterocycles. The number of phosphoric acid groups is 1.